The predicted molar refractivity (Wildman–Crippen MR) is 135 cm³/mol. The van der Waals surface area contributed by atoms with Crippen LogP contribution >= 0.6 is 0 Å². The topological polar surface area (TPSA) is 44.1 Å². The number of methoxy groups -OCH3 is 1. The summed E-state index contributed by atoms with van der Waals surface area (Å²) in [4.78, 5) is 18.6. The van der Waals surface area contributed by atoms with Crippen molar-refractivity contribution in [2.24, 2.45) is 0 Å². The zero-order valence-electron chi connectivity index (χ0n) is 18.2. The molecule has 0 fully saturated rings. The van der Waals surface area contributed by atoms with E-state index in [4.69, 9.17) is 9.72 Å². The van der Waals surface area contributed by atoms with Gasteiger partial charge in [-0.05, 0) is 59.2 Å². The second-order valence-electron chi connectivity index (χ2n) is 7.65. The van der Waals surface area contributed by atoms with Crippen LogP contribution in [-0.2, 0) is 0 Å². The van der Waals surface area contributed by atoms with Crippen LogP contribution in [0.3, 0.4) is 0 Å². The Bertz CT molecular complexity index is 1490. The van der Waals surface area contributed by atoms with E-state index in [0.717, 1.165) is 28.1 Å². The summed E-state index contributed by atoms with van der Waals surface area (Å²) in [6.07, 6.45) is 3.86. The van der Waals surface area contributed by atoms with E-state index in [0.29, 0.717) is 16.7 Å². The van der Waals surface area contributed by atoms with Crippen LogP contribution in [0.25, 0.3) is 39.9 Å². The Hall–Kier alpha value is -4.44. The molecule has 0 amide bonds. The molecule has 0 saturated carbocycles. The molecule has 0 unspecified atom stereocenters. The highest BCUT2D eigenvalue weighted by molar-refractivity contribution is 5.85. The van der Waals surface area contributed by atoms with Crippen molar-refractivity contribution in [3.8, 4) is 22.6 Å². The average molecular weight is 431 g/mol. The molecule has 0 saturated heterocycles. The fourth-order valence-electron chi connectivity index (χ4n) is 3.84. The highest BCUT2D eigenvalue weighted by Gasteiger charge is 2.12. The van der Waals surface area contributed by atoms with Gasteiger partial charge >= 0.3 is 0 Å². The maximum absolute atomic E-state index is 13.7. The van der Waals surface area contributed by atoms with Gasteiger partial charge < -0.3 is 4.74 Å². The van der Waals surface area contributed by atoms with Gasteiger partial charge in [-0.15, -0.1) is 0 Å². The molecule has 0 N–H and O–H groups in total. The van der Waals surface area contributed by atoms with Crippen molar-refractivity contribution >= 4 is 23.1 Å². The van der Waals surface area contributed by atoms with Crippen molar-refractivity contribution in [2.75, 3.05) is 7.11 Å². The van der Waals surface area contributed by atoms with Crippen molar-refractivity contribution in [1.82, 2.24) is 9.55 Å². The first kappa shape index (κ1) is 20.5. The molecular formula is C29H22N2O2. The lowest BCUT2D eigenvalue weighted by Gasteiger charge is -2.12. The molecule has 1 heterocycles. The molecule has 160 valence electrons. The molecule has 5 rings (SSSR count). The largest absolute Gasteiger partial charge is 0.497 e. The number of rotatable bonds is 5. The minimum absolute atomic E-state index is 0.103. The van der Waals surface area contributed by atoms with Gasteiger partial charge in [0.2, 0.25) is 0 Å². The second kappa shape index (κ2) is 8.97. The van der Waals surface area contributed by atoms with Crippen LogP contribution in [0.15, 0.2) is 108 Å². The lowest BCUT2D eigenvalue weighted by atomic mass is 10.0. The number of nitrogens with zero attached hydrogens (tertiary/aromatic N) is 2. The van der Waals surface area contributed by atoms with E-state index in [9.17, 15) is 4.79 Å². The minimum atomic E-state index is -0.103. The lowest BCUT2D eigenvalue weighted by molar-refractivity contribution is 0.415. The third kappa shape index (κ3) is 4.19. The van der Waals surface area contributed by atoms with Crippen LogP contribution in [-0.4, -0.2) is 16.7 Å². The van der Waals surface area contributed by atoms with Crippen LogP contribution in [0.4, 0.5) is 0 Å². The maximum atomic E-state index is 13.7. The summed E-state index contributed by atoms with van der Waals surface area (Å²) in [5.74, 6) is 1.38. The molecule has 0 atom stereocenters. The van der Waals surface area contributed by atoms with Crippen LogP contribution in [0.1, 0.15) is 11.4 Å². The van der Waals surface area contributed by atoms with Crippen LogP contribution < -0.4 is 10.3 Å². The van der Waals surface area contributed by atoms with Gasteiger partial charge in [0, 0.05) is 0 Å². The molecule has 0 radical (unpaired) electrons. The zero-order valence-corrected chi connectivity index (χ0v) is 18.2. The van der Waals surface area contributed by atoms with Crippen molar-refractivity contribution < 1.29 is 4.74 Å². The predicted octanol–water partition coefficient (Wildman–Crippen LogP) is 6.23. The van der Waals surface area contributed by atoms with Gasteiger partial charge in [0.25, 0.3) is 5.56 Å². The lowest BCUT2D eigenvalue weighted by Crippen LogP contribution is -2.22. The molecule has 33 heavy (non-hydrogen) atoms. The second-order valence-corrected chi connectivity index (χ2v) is 7.65. The molecule has 5 aromatic rings. The number of aromatic nitrogens is 2. The first-order valence-electron chi connectivity index (χ1n) is 10.7. The van der Waals surface area contributed by atoms with E-state index < -0.39 is 0 Å². The van der Waals surface area contributed by atoms with E-state index in [2.05, 4.69) is 0 Å². The maximum Gasteiger partial charge on any atom is 0.266 e. The molecule has 4 nitrogen and oxygen atoms in total. The summed E-state index contributed by atoms with van der Waals surface area (Å²) in [7, 11) is 1.65. The van der Waals surface area contributed by atoms with E-state index >= 15 is 0 Å². The van der Waals surface area contributed by atoms with Gasteiger partial charge in [-0.2, -0.15) is 0 Å². The standard InChI is InChI=1S/C29H22N2O2/c1-33-25-16-13-22(14-17-25)23-15-18-27-26(20-23)29(32)31(24-10-6-3-7-11-24)28(30-27)19-12-21-8-4-2-5-9-21/h2-20H,1H3/b19-12+. The highest BCUT2D eigenvalue weighted by Crippen LogP contribution is 2.25. The summed E-state index contributed by atoms with van der Waals surface area (Å²) >= 11 is 0. The third-order valence-electron chi connectivity index (χ3n) is 5.56. The Morgan fingerprint density at radius 3 is 2.12 bits per heavy atom. The highest BCUT2D eigenvalue weighted by atomic mass is 16.5. The Labute approximate surface area is 192 Å². The summed E-state index contributed by atoms with van der Waals surface area (Å²) < 4.78 is 6.92. The molecule has 0 aliphatic carbocycles. The summed E-state index contributed by atoms with van der Waals surface area (Å²) in [6, 6.07) is 33.2. The van der Waals surface area contributed by atoms with Crippen LogP contribution in [0.5, 0.6) is 5.75 Å². The minimum Gasteiger partial charge on any atom is -0.497 e. The molecule has 0 aliphatic heterocycles. The molecule has 4 heteroatoms. The van der Waals surface area contributed by atoms with Gasteiger partial charge in [-0.1, -0.05) is 72.8 Å². The van der Waals surface area contributed by atoms with Crippen molar-refractivity contribution in [2.45, 2.75) is 0 Å². The van der Waals surface area contributed by atoms with Gasteiger partial charge in [0.15, 0.2) is 0 Å². The van der Waals surface area contributed by atoms with Gasteiger partial charge in [0.05, 0.1) is 23.7 Å². The number of benzene rings is 4. The fraction of sp³-hybridized carbons (Fsp3) is 0.0345. The Kier molecular flexibility index (Phi) is 5.56. The number of hydrogen-bond acceptors (Lipinski definition) is 3. The van der Waals surface area contributed by atoms with E-state index in [1.807, 2.05) is 115 Å². The van der Waals surface area contributed by atoms with Gasteiger partial charge in [-0.25, -0.2) is 4.98 Å². The number of para-hydroxylation sites is 1. The van der Waals surface area contributed by atoms with E-state index in [1.54, 1.807) is 11.7 Å². The average Bonchev–Trinajstić information content (AvgIpc) is 2.88. The Morgan fingerprint density at radius 1 is 0.758 bits per heavy atom. The number of ether oxygens (including phenoxy) is 1. The van der Waals surface area contributed by atoms with Gasteiger partial charge in [0.1, 0.15) is 11.6 Å². The van der Waals surface area contributed by atoms with Crippen molar-refractivity contribution in [3.05, 3.63) is 125 Å². The molecule has 0 bridgehead atoms. The smallest absolute Gasteiger partial charge is 0.266 e. The van der Waals surface area contributed by atoms with E-state index in [-0.39, 0.29) is 5.56 Å². The Balaban J connectivity index is 1.68. The van der Waals surface area contributed by atoms with Crippen molar-refractivity contribution in [3.63, 3.8) is 0 Å². The molecule has 4 aromatic carbocycles. The first-order valence-corrected chi connectivity index (χ1v) is 10.7. The third-order valence-corrected chi connectivity index (χ3v) is 5.56. The molecule has 1 aromatic heterocycles. The first-order chi connectivity index (χ1) is 16.2. The zero-order chi connectivity index (χ0) is 22.6. The number of fused-ring (bicyclic) bond motifs is 1. The molecular weight excluding hydrogens is 408 g/mol. The normalized spacial score (nSPS) is 11.2. The van der Waals surface area contributed by atoms with Crippen molar-refractivity contribution in [1.29, 1.82) is 0 Å². The summed E-state index contributed by atoms with van der Waals surface area (Å²) in [6.45, 7) is 0. The van der Waals surface area contributed by atoms with E-state index in [1.165, 1.54) is 0 Å². The SMILES string of the molecule is COc1ccc(-c2ccc3nc(/C=C/c4ccccc4)n(-c4ccccc4)c(=O)c3c2)cc1. The monoisotopic (exact) mass is 430 g/mol. The summed E-state index contributed by atoms with van der Waals surface area (Å²) in [5.41, 5.74) is 4.35. The van der Waals surface area contributed by atoms with Gasteiger partial charge in [-0.3, -0.25) is 9.36 Å². The van der Waals surface area contributed by atoms with Crippen LogP contribution in [0.2, 0.25) is 0 Å². The fourth-order valence-corrected chi connectivity index (χ4v) is 3.84. The summed E-state index contributed by atoms with van der Waals surface area (Å²) in [5, 5.41) is 0.573. The van der Waals surface area contributed by atoms with Crippen LogP contribution in [0, 0.1) is 0 Å². The molecule has 0 spiro atoms. The quantitative estimate of drug-likeness (QED) is 0.332. The molecule has 0 aliphatic rings. The Morgan fingerprint density at radius 2 is 1.42 bits per heavy atom. The number of hydrogen-bond donors (Lipinski definition) is 0.